The van der Waals surface area contributed by atoms with Crippen molar-refractivity contribution in [2.75, 3.05) is 13.1 Å². The Kier molecular flexibility index (Phi) is 3.11. The molecule has 0 aromatic carbocycles. The predicted molar refractivity (Wildman–Crippen MR) is 56.7 cm³/mol. The van der Waals surface area contributed by atoms with Gasteiger partial charge in [0.25, 0.3) is 0 Å². The molecule has 1 saturated heterocycles. The molecule has 0 spiro atoms. The van der Waals surface area contributed by atoms with Gasteiger partial charge in [0, 0.05) is 25.3 Å². The minimum Gasteiger partial charge on any atom is -0.329 e. The minimum atomic E-state index is 0.567. The van der Waals surface area contributed by atoms with E-state index in [9.17, 15) is 0 Å². The number of pyridine rings is 1. The van der Waals surface area contributed by atoms with E-state index >= 15 is 0 Å². The molecule has 0 saturated carbocycles. The first-order chi connectivity index (χ1) is 6.90. The van der Waals surface area contributed by atoms with Gasteiger partial charge in [0.15, 0.2) is 0 Å². The number of nitrogens with two attached hydrogens (primary N) is 1. The number of likely N-dealkylation sites (tertiary alicyclic amines) is 1. The van der Waals surface area contributed by atoms with Gasteiger partial charge in [0.05, 0.1) is 5.69 Å². The van der Waals surface area contributed by atoms with Crippen molar-refractivity contribution in [3.8, 4) is 0 Å². The average Bonchev–Trinajstić information content (AvgIpc) is 2.67. The van der Waals surface area contributed by atoms with Gasteiger partial charge in [0.1, 0.15) is 0 Å². The van der Waals surface area contributed by atoms with Crippen LogP contribution in [-0.2, 0) is 6.54 Å². The van der Waals surface area contributed by atoms with E-state index in [0.29, 0.717) is 6.04 Å². The zero-order valence-corrected chi connectivity index (χ0v) is 8.39. The van der Waals surface area contributed by atoms with Crippen molar-refractivity contribution in [3.63, 3.8) is 0 Å². The Bertz CT molecular complexity index is 273. The maximum Gasteiger partial charge on any atom is 0.0544 e. The molecular weight excluding hydrogens is 174 g/mol. The van der Waals surface area contributed by atoms with Crippen molar-refractivity contribution < 1.29 is 0 Å². The molecule has 2 rings (SSSR count). The Morgan fingerprint density at radius 2 is 2.43 bits per heavy atom. The average molecular weight is 191 g/mol. The van der Waals surface area contributed by atoms with Crippen molar-refractivity contribution in [1.29, 1.82) is 0 Å². The highest BCUT2D eigenvalue weighted by Gasteiger charge is 2.22. The van der Waals surface area contributed by atoms with Crippen LogP contribution in [0.5, 0.6) is 0 Å². The summed E-state index contributed by atoms with van der Waals surface area (Å²) in [7, 11) is 0. The molecule has 2 N–H and O–H groups in total. The highest BCUT2D eigenvalue weighted by molar-refractivity contribution is 5.04. The van der Waals surface area contributed by atoms with Gasteiger partial charge in [-0.25, -0.2) is 0 Å². The van der Waals surface area contributed by atoms with Gasteiger partial charge in [-0.15, -0.1) is 0 Å². The summed E-state index contributed by atoms with van der Waals surface area (Å²) in [5.41, 5.74) is 6.86. The van der Waals surface area contributed by atoms with Crippen molar-refractivity contribution in [3.05, 3.63) is 30.1 Å². The molecule has 2 heterocycles. The SMILES string of the molecule is NC[C@H]1CCCN1Cc1ccccn1. The largest absolute Gasteiger partial charge is 0.329 e. The zero-order valence-electron chi connectivity index (χ0n) is 8.39. The quantitative estimate of drug-likeness (QED) is 0.775. The van der Waals surface area contributed by atoms with Crippen LogP contribution in [0.15, 0.2) is 24.4 Å². The molecule has 1 atom stereocenters. The normalized spacial score (nSPS) is 22.8. The number of hydrogen-bond acceptors (Lipinski definition) is 3. The lowest BCUT2D eigenvalue weighted by molar-refractivity contribution is 0.247. The summed E-state index contributed by atoms with van der Waals surface area (Å²) >= 11 is 0. The third-order valence-electron chi connectivity index (χ3n) is 2.86. The molecule has 76 valence electrons. The van der Waals surface area contributed by atoms with Crippen LogP contribution in [0.2, 0.25) is 0 Å². The van der Waals surface area contributed by atoms with Crippen LogP contribution in [0.3, 0.4) is 0 Å². The third kappa shape index (κ3) is 2.11. The Labute approximate surface area is 84.9 Å². The number of nitrogens with zero attached hydrogens (tertiary/aromatic N) is 2. The van der Waals surface area contributed by atoms with Gasteiger partial charge < -0.3 is 5.73 Å². The molecule has 3 heteroatoms. The second kappa shape index (κ2) is 4.53. The fourth-order valence-electron chi connectivity index (χ4n) is 2.07. The Morgan fingerprint density at radius 3 is 3.14 bits per heavy atom. The van der Waals surface area contributed by atoms with Gasteiger partial charge in [-0.1, -0.05) is 6.07 Å². The minimum absolute atomic E-state index is 0.567. The lowest BCUT2D eigenvalue weighted by Crippen LogP contribution is -2.35. The van der Waals surface area contributed by atoms with E-state index in [-0.39, 0.29) is 0 Å². The number of aromatic nitrogens is 1. The Hall–Kier alpha value is -0.930. The monoisotopic (exact) mass is 191 g/mol. The van der Waals surface area contributed by atoms with Gasteiger partial charge >= 0.3 is 0 Å². The van der Waals surface area contributed by atoms with Crippen LogP contribution >= 0.6 is 0 Å². The van der Waals surface area contributed by atoms with Crippen LogP contribution in [-0.4, -0.2) is 29.0 Å². The standard InChI is InChI=1S/C11H17N3/c12-8-11-5-3-7-14(11)9-10-4-1-2-6-13-10/h1-2,4,6,11H,3,5,7-9,12H2/t11-/m1/s1. The lowest BCUT2D eigenvalue weighted by Gasteiger charge is -2.22. The van der Waals surface area contributed by atoms with E-state index in [1.54, 1.807) is 0 Å². The lowest BCUT2D eigenvalue weighted by atomic mass is 10.2. The summed E-state index contributed by atoms with van der Waals surface area (Å²) in [6.07, 6.45) is 4.36. The van der Waals surface area contributed by atoms with Gasteiger partial charge in [-0.3, -0.25) is 9.88 Å². The maximum atomic E-state index is 5.72. The van der Waals surface area contributed by atoms with Crippen LogP contribution < -0.4 is 5.73 Å². The third-order valence-corrected chi connectivity index (χ3v) is 2.86. The second-order valence-electron chi connectivity index (χ2n) is 3.82. The Morgan fingerprint density at radius 1 is 1.50 bits per heavy atom. The van der Waals surface area contributed by atoms with Gasteiger partial charge in [-0.05, 0) is 31.5 Å². The number of rotatable bonds is 3. The molecule has 0 amide bonds. The van der Waals surface area contributed by atoms with E-state index in [4.69, 9.17) is 5.73 Å². The van der Waals surface area contributed by atoms with Crippen molar-refractivity contribution in [2.45, 2.75) is 25.4 Å². The van der Waals surface area contributed by atoms with Gasteiger partial charge in [0.2, 0.25) is 0 Å². The Balaban J connectivity index is 1.97. The van der Waals surface area contributed by atoms with Crippen LogP contribution in [0.1, 0.15) is 18.5 Å². The molecule has 0 unspecified atom stereocenters. The first-order valence-corrected chi connectivity index (χ1v) is 5.24. The molecule has 0 aliphatic carbocycles. The van der Waals surface area contributed by atoms with Crippen LogP contribution in [0.25, 0.3) is 0 Å². The first-order valence-electron chi connectivity index (χ1n) is 5.24. The molecule has 1 fully saturated rings. The van der Waals surface area contributed by atoms with E-state index in [0.717, 1.165) is 18.8 Å². The van der Waals surface area contributed by atoms with Crippen LogP contribution in [0.4, 0.5) is 0 Å². The number of hydrogen-bond donors (Lipinski definition) is 1. The molecule has 1 aromatic rings. The summed E-state index contributed by atoms with van der Waals surface area (Å²) in [6, 6.07) is 6.63. The maximum absolute atomic E-state index is 5.72. The molecule has 1 aliphatic rings. The molecular formula is C11H17N3. The molecule has 14 heavy (non-hydrogen) atoms. The van der Waals surface area contributed by atoms with Crippen LogP contribution in [0, 0.1) is 0 Å². The summed E-state index contributed by atoms with van der Waals surface area (Å²) in [5, 5.41) is 0. The zero-order chi connectivity index (χ0) is 9.80. The van der Waals surface area contributed by atoms with Crippen molar-refractivity contribution in [2.24, 2.45) is 5.73 Å². The molecule has 1 aliphatic heterocycles. The molecule has 1 aromatic heterocycles. The fraction of sp³-hybridized carbons (Fsp3) is 0.545. The van der Waals surface area contributed by atoms with Crippen molar-refractivity contribution in [1.82, 2.24) is 9.88 Å². The summed E-state index contributed by atoms with van der Waals surface area (Å²) in [6.45, 7) is 2.88. The van der Waals surface area contributed by atoms with E-state index in [1.807, 2.05) is 18.3 Å². The van der Waals surface area contributed by atoms with E-state index in [1.165, 1.54) is 19.4 Å². The summed E-state index contributed by atoms with van der Waals surface area (Å²) < 4.78 is 0. The highest BCUT2D eigenvalue weighted by Crippen LogP contribution is 2.17. The summed E-state index contributed by atoms with van der Waals surface area (Å²) in [5.74, 6) is 0. The molecule has 0 bridgehead atoms. The smallest absolute Gasteiger partial charge is 0.0544 e. The molecule has 3 nitrogen and oxygen atoms in total. The predicted octanol–water partition coefficient (Wildman–Crippen LogP) is 1.00. The molecule has 0 radical (unpaired) electrons. The van der Waals surface area contributed by atoms with Crippen molar-refractivity contribution >= 4 is 0 Å². The fourth-order valence-corrected chi connectivity index (χ4v) is 2.07. The first kappa shape index (κ1) is 9.62. The second-order valence-corrected chi connectivity index (χ2v) is 3.82. The summed E-state index contributed by atoms with van der Waals surface area (Å²) in [4.78, 5) is 6.76. The topological polar surface area (TPSA) is 42.1 Å². The van der Waals surface area contributed by atoms with E-state index < -0.39 is 0 Å². The van der Waals surface area contributed by atoms with E-state index in [2.05, 4.69) is 16.0 Å². The highest BCUT2D eigenvalue weighted by atomic mass is 15.2. The van der Waals surface area contributed by atoms with Gasteiger partial charge in [-0.2, -0.15) is 0 Å².